The molecule has 3 heteroatoms. The molecule has 0 N–H and O–H groups in total. The topological polar surface area (TPSA) is 9.72 Å². The molecule has 0 spiro atoms. The van der Waals surface area contributed by atoms with Crippen molar-refractivity contribution in [2.45, 2.75) is 16.2 Å². The number of rotatable bonds is 21. The second kappa shape index (κ2) is 40.7. The van der Waals surface area contributed by atoms with Gasteiger partial charge in [0, 0.05) is 51.2 Å². The van der Waals surface area contributed by atoms with Crippen molar-refractivity contribution in [3.8, 4) is 100 Å². The van der Waals surface area contributed by atoms with Gasteiger partial charge in [0.2, 0.25) is 0 Å². The zero-order chi connectivity index (χ0) is 100.0. The fourth-order valence-corrected chi connectivity index (χ4v) is 23.7. The molecule has 24 aromatic rings. The first-order valence-electron chi connectivity index (χ1n) is 51.8. The lowest BCUT2D eigenvalue weighted by Gasteiger charge is -2.34. The maximum absolute atomic E-state index is 2.34. The van der Waals surface area contributed by atoms with Crippen molar-refractivity contribution in [2.24, 2.45) is 0 Å². The van der Waals surface area contributed by atoms with E-state index in [2.05, 4.69) is 652 Å². The van der Waals surface area contributed by atoms with Crippen LogP contribution in [0.4, 0.5) is 51.2 Å². The summed E-state index contributed by atoms with van der Waals surface area (Å²) in [6, 6.07) is 231. The third-order valence-corrected chi connectivity index (χ3v) is 30.5. The van der Waals surface area contributed by atoms with Crippen LogP contribution in [0.1, 0.15) is 66.8 Å². The van der Waals surface area contributed by atoms with E-state index in [-0.39, 0.29) is 10.8 Å². The summed E-state index contributed by atoms with van der Waals surface area (Å²) in [5, 5.41) is 0. The van der Waals surface area contributed by atoms with Gasteiger partial charge >= 0.3 is 0 Å². The van der Waals surface area contributed by atoms with Crippen LogP contribution in [-0.2, 0) is 16.2 Å². The molecule has 0 bridgehead atoms. The third kappa shape index (κ3) is 16.9. The maximum atomic E-state index is 2.34. The Balaban J connectivity index is 0.000000117. The summed E-state index contributed by atoms with van der Waals surface area (Å²) in [6.45, 7) is 0. The van der Waals surface area contributed by atoms with Gasteiger partial charge in [0.05, 0.1) is 16.2 Å². The van der Waals surface area contributed by atoms with Crippen LogP contribution in [0.5, 0.6) is 0 Å². The zero-order valence-corrected chi connectivity index (χ0v) is 83.0. The summed E-state index contributed by atoms with van der Waals surface area (Å²) in [5.74, 6) is 0. The Morgan fingerprint density at radius 3 is 0.367 bits per heavy atom. The van der Waals surface area contributed by atoms with Crippen LogP contribution in [0, 0.1) is 0 Å². The van der Waals surface area contributed by atoms with E-state index in [1.54, 1.807) is 0 Å². The molecule has 0 radical (unpaired) electrons. The zero-order valence-electron chi connectivity index (χ0n) is 83.0. The molecule has 24 aromatic carbocycles. The van der Waals surface area contributed by atoms with Gasteiger partial charge < -0.3 is 14.7 Å². The predicted octanol–water partition coefficient (Wildman–Crippen LogP) is 38.6. The Bertz CT molecular complexity index is 8530. The normalized spacial score (nSPS) is 12.6. The molecule has 708 valence electrons. The molecule has 0 aromatic heterocycles. The molecule has 27 rings (SSSR count). The number of hydrogen-bond donors (Lipinski definition) is 0. The van der Waals surface area contributed by atoms with Crippen molar-refractivity contribution in [1.82, 2.24) is 0 Å². The molecule has 150 heavy (non-hydrogen) atoms. The predicted molar refractivity (Wildman–Crippen MR) is 628 cm³/mol. The first kappa shape index (κ1) is 91.9. The highest BCUT2D eigenvalue weighted by Crippen LogP contribution is 2.60. The van der Waals surface area contributed by atoms with Gasteiger partial charge in [0.1, 0.15) is 0 Å². The first-order valence-corrected chi connectivity index (χ1v) is 51.8. The molecule has 3 nitrogen and oxygen atoms in total. The average molecular weight is 1910 g/mol. The smallest absolute Gasteiger partial charge is 0.0713 e. The molecule has 0 saturated carbocycles. The monoisotopic (exact) mass is 1910 g/mol. The Kier molecular flexibility index (Phi) is 24.9. The van der Waals surface area contributed by atoms with Crippen molar-refractivity contribution >= 4 is 51.2 Å². The second-order valence-corrected chi connectivity index (χ2v) is 38.7. The standard InChI is InChI=1S/C55H39N.C49H35N.C43H31N/c1-4-14-40(15-5-1)43-26-34-48(35-27-43)56(49-36-28-44(29-37-49)41-16-6-2-7-17-41)50-38-30-45(31-39-50)42-24-32-47(33-25-42)55(46-18-8-3-9-19-46)53-22-12-10-20-51(53)52-21-11-13-23-54(52)55;1-4-14-36(15-5-1)38-26-32-43(33-27-38)50(42-18-8-3-9-19-42)44-34-28-39(29-35-44)37-24-30-41(31-25-37)49(40-16-6-2-7-17-40)47-22-12-10-20-45(47)46-21-11-13-23-48(46)49;1-4-14-34(15-5-1)43(41-22-12-10-20-39(41)40-21-11-13-23-42(40)43)35-28-24-32(25-29-35)33-26-30-38(31-27-33)44(36-16-6-2-7-17-36)37-18-8-3-9-19-37/h1-39H;1-35H;1-31H. The van der Waals surface area contributed by atoms with E-state index < -0.39 is 5.41 Å². The summed E-state index contributed by atoms with van der Waals surface area (Å²) < 4.78 is 0. The Hall–Kier alpha value is -19.3. The molecule has 3 aliphatic rings. The summed E-state index contributed by atoms with van der Waals surface area (Å²) in [5.41, 5.74) is 46.9. The SMILES string of the molecule is c1ccc(-c2ccc(N(c3ccc(-c4ccccc4)cc3)c3ccc(-c4ccc(C5(c6ccccc6)c6ccccc6-c6ccccc65)cc4)cc3)cc2)cc1.c1ccc(-c2ccc(N(c3ccccc3)c3ccc(-c4ccc(C5(c6ccccc6)c6ccccc6-c6ccccc65)cc4)cc3)cc2)cc1.c1ccc(N(c2ccccc2)c2ccc(-c3ccc(C4(c5ccccc5)c5ccccc5-c5ccccc54)cc3)cc2)cc1. The van der Waals surface area contributed by atoms with Gasteiger partial charge in [-0.2, -0.15) is 0 Å². The van der Waals surface area contributed by atoms with E-state index in [0.717, 1.165) is 51.2 Å². The van der Waals surface area contributed by atoms with E-state index in [9.17, 15) is 0 Å². The van der Waals surface area contributed by atoms with Crippen LogP contribution in [0.15, 0.2) is 637 Å². The number of benzene rings is 24. The molecule has 3 aliphatic carbocycles. The first-order chi connectivity index (χ1) is 74.4. The van der Waals surface area contributed by atoms with Crippen molar-refractivity contribution in [1.29, 1.82) is 0 Å². The Morgan fingerprint density at radius 1 is 0.0867 bits per heavy atom. The number of fused-ring (bicyclic) bond motifs is 9. The summed E-state index contributed by atoms with van der Waals surface area (Å²) in [4.78, 5) is 6.96. The minimum Gasteiger partial charge on any atom is -0.311 e. The summed E-state index contributed by atoms with van der Waals surface area (Å²) in [6.07, 6.45) is 0. The van der Waals surface area contributed by atoms with E-state index >= 15 is 0 Å². The lowest BCUT2D eigenvalue weighted by Crippen LogP contribution is -2.28. The van der Waals surface area contributed by atoms with Crippen LogP contribution in [0.25, 0.3) is 100 Å². The van der Waals surface area contributed by atoms with E-state index in [4.69, 9.17) is 0 Å². The molecule has 0 saturated heterocycles. The average Bonchev–Trinajstić information content (AvgIpc) is 1.55. The quantitative estimate of drug-likeness (QED) is 0.0710. The second-order valence-electron chi connectivity index (χ2n) is 38.7. The lowest BCUT2D eigenvalue weighted by molar-refractivity contribution is 0.768. The van der Waals surface area contributed by atoms with Crippen molar-refractivity contribution in [3.63, 3.8) is 0 Å². The highest BCUT2D eigenvalue weighted by molar-refractivity contribution is 5.92. The van der Waals surface area contributed by atoms with Crippen LogP contribution in [0.3, 0.4) is 0 Å². The molecule has 0 heterocycles. The maximum Gasteiger partial charge on any atom is 0.0713 e. The number of nitrogens with zero attached hydrogens (tertiary/aromatic N) is 3. The van der Waals surface area contributed by atoms with Crippen LogP contribution >= 0.6 is 0 Å². The lowest BCUT2D eigenvalue weighted by atomic mass is 9.67. The molecule has 0 amide bonds. The molecule has 0 aliphatic heterocycles. The Labute approximate surface area is 879 Å². The molecule has 0 unspecified atom stereocenters. The van der Waals surface area contributed by atoms with Crippen LogP contribution in [-0.4, -0.2) is 0 Å². The van der Waals surface area contributed by atoms with Crippen molar-refractivity contribution in [3.05, 3.63) is 704 Å². The minimum absolute atomic E-state index is 0.372. The molecule has 0 fully saturated rings. The molecule has 0 atom stereocenters. The highest BCUT2D eigenvalue weighted by atomic mass is 15.2. The van der Waals surface area contributed by atoms with Crippen molar-refractivity contribution in [2.75, 3.05) is 14.7 Å². The molecular formula is C147H105N3. The van der Waals surface area contributed by atoms with Gasteiger partial charge in [-0.1, -0.05) is 528 Å². The van der Waals surface area contributed by atoms with Gasteiger partial charge in [-0.15, -0.1) is 0 Å². The fourth-order valence-electron chi connectivity index (χ4n) is 23.7. The largest absolute Gasteiger partial charge is 0.311 e. The summed E-state index contributed by atoms with van der Waals surface area (Å²) in [7, 11) is 0. The Morgan fingerprint density at radius 2 is 0.200 bits per heavy atom. The van der Waals surface area contributed by atoms with E-state index in [0.29, 0.717) is 0 Å². The van der Waals surface area contributed by atoms with Crippen LogP contribution in [0.2, 0.25) is 0 Å². The minimum atomic E-state index is -0.399. The van der Waals surface area contributed by atoms with Gasteiger partial charge in [-0.3, -0.25) is 0 Å². The van der Waals surface area contributed by atoms with Crippen LogP contribution < -0.4 is 14.7 Å². The number of hydrogen-bond acceptors (Lipinski definition) is 3. The van der Waals surface area contributed by atoms with Gasteiger partial charge in [0.25, 0.3) is 0 Å². The highest BCUT2D eigenvalue weighted by Gasteiger charge is 2.49. The number of anilines is 9. The molecular weight excluding hydrogens is 1810 g/mol. The number of para-hydroxylation sites is 3. The van der Waals surface area contributed by atoms with Gasteiger partial charge in [0.15, 0.2) is 0 Å². The third-order valence-electron chi connectivity index (χ3n) is 30.5. The van der Waals surface area contributed by atoms with E-state index in [1.165, 1.54) is 167 Å². The fraction of sp³-hybridized carbons (Fsp3) is 0.0204. The van der Waals surface area contributed by atoms with E-state index in [1.807, 2.05) is 0 Å². The van der Waals surface area contributed by atoms with Gasteiger partial charge in [-0.05, 0) is 276 Å². The van der Waals surface area contributed by atoms with Crippen molar-refractivity contribution < 1.29 is 0 Å². The summed E-state index contributed by atoms with van der Waals surface area (Å²) >= 11 is 0. The van der Waals surface area contributed by atoms with Gasteiger partial charge in [-0.25, -0.2) is 0 Å².